The average Bonchev–Trinajstić information content (AvgIpc) is 3.13. The van der Waals surface area contributed by atoms with Crippen LogP contribution in [0.15, 0.2) is 41.6 Å². The number of nitrogens with one attached hydrogen (secondary N) is 2. The first-order chi connectivity index (χ1) is 13.8. The number of aryl methyl sites for hydroxylation is 1. The second-order valence-electron chi connectivity index (χ2n) is 5.97. The van der Waals surface area contributed by atoms with Gasteiger partial charge in [0.2, 0.25) is 0 Å². The number of hydrogen-bond acceptors (Lipinski definition) is 5. The van der Waals surface area contributed by atoms with E-state index in [4.69, 9.17) is 23.2 Å². The maximum absolute atomic E-state index is 13.1. The fraction of sp³-hybridized carbons (Fsp3) is 0.158. The van der Waals surface area contributed by atoms with Gasteiger partial charge in [-0.05, 0) is 43.0 Å². The van der Waals surface area contributed by atoms with Crippen LogP contribution in [-0.4, -0.2) is 39.9 Å². The highest BCUT2D eigenvalue weighted by atomic mass is 35.5. The summed E-state index contributed by atoms with van der Waals surface area (Å²) in [5.41, 5.74) is 1.51. The molecule has 2 aromatic heterocycles. The molecule has 29 heavy (non-hydrogen) atoms. The number of carbonyl (C=O) groups excluding carboxylic acids is 2. The van der Waals surface area contributed by atoms with Crippen LogP contribution in [0, 0.1) is 6.92 Å². The molecule has 0 aliphatic rings. The van der Waals surface area contributed by atoms with Crippen LogP contribution in [0.1, 0.15) is 26.4 Å². The first kappa shape index (κ1) is 21.2. The summed E-state index contributed by atoms with van der Waals surface area (Å²) in [5.74, 6) is -0.494. The molecule has 0 atom stereocenters. The van der Waals surface area contributed by atoms with Crippen molar-refractivity contribution >= 4 is 52.5 Å². The summed E-state index contributed by atoms with van der Waals surface area (Å²) in [4.78, 5) is 29.6. The van der Waals surface area contributed by atoms with Crippen molar-refractivity contribution < 1.29 is 9.59 Å². The Kier molecular flexibility index (Phi) is 6.46. The summed E-state index contributed by atoms with van der Waals surface area (Å²) in [6, 6.07) is 8.17. The predicted molar refractivity (Wildman–Crippen MR) is 116 cm³/mol. The molecule has 1 aromatic carbocycles. The Morgan fingerprint density at radius 1 is 1.17 bits per heavy atom. The van der Waals surface area contributed by atoms with Crippen molar-refractivity contribution in [3.63, 3.8) is 0 Å². The minimum absolute atomic E-state index is 0.229. The summed E-state index contributed by atoms with van der Waals surface area (Å²) in [6.07, 6.45) is 3.41. The minimum Gasteiger partial charge on any atom is -0.355 e. The SMILES string of the molecule is CNC(=O)c1cc(Cl)cc(C)c1NC(=O)c1cc(SC)nn1-c1ncccc1Cl. The van der Waals surface area contributed by atoms with E-state index in [1.165, 1.54) is 29.6 Å². The van der Waals surface area contributed by atoms with Crippen molar-refractivity contribution in [2.24, 2.45) is 0 Å². The molecule has 3 aromatic rings. The molecule has 150 valence electrons. The van der Waals surface area contributed by atoms with Crippen molar-refractivity contribution in [1.29, 1.82) is 0 Å². The molecule has 2 heterocycles. The summed E-state index contributed by atoms with van der Waals surface area (Å²) in [5, 5.41) is 11.1. The highest BCUT2D eigenvalue weighted by Gasteiger charge is 2.22. The zero-order valence-corrected chi connectivity index (χ0v) is 18.1. The molecular formula is C19H17Cl2N5O2S. The number of thioether (sulfide) groups is 1. The molecule has 0 saturated carbocycles. The molecule has 0 spiro atoms. The topological polar surface area (TPSA) is 88.9 Å². The Morgan fingerprint density at radius 3 is 2.59 bits per heavy atom. The van der Waals surface area contributed by atoms with Crippen molar-refractivity contribution in [3.8, 4) is 5.82 Å². The lowest BCUT2D eigenvalue weighted by molar-refractivity contribution is 0.0964. The number of anilines is 1. The first-order valence-corrected chi connectivity index (χ1v) is 10.4. The Hall–Kier alpha value is -2.55. The van der Waals surface area contributed by atoms with E-state index in [0.29, 0.717) is 32.1 Å². The maximum Gasteiger partial charge on any atom is 0.274 e. The third-order valence-corrected chi connectivity index (χ3v) is 5.21. The van der Waals surface area contributed by atoms with E-state index in [9.17, 15) is 9.59 Å². The number of pyridine rings is 1. The van der Waals surface area contributed by atoms with Crippen molar-refractivity contribution in [2.45, 2.75) is 11.9 Å². The van der Waals surface area contributed by atoms with Gasteiger partial charge in [0.25, 0.3) is 11.8 Å². The fourth-order valence-electron chi connectivity index (χ4n) is 2.72. The van der Waals surface area contributed by atoms with Gasteiger partial charge in [-0.1, -0.05) is 23.2 Å². The van der Waals surface area contributed by atoms with Crippen LogP contribution >= 0.6 is 35.0 Å². The molecule has 2 N–H and O–H groups in total. The van der Waals surface area contributed by atoms with Gasteiger partial charge in [0.15, 0.2) is 5.82 Å². The van der Waals surface area contributed by atoms with Gasteiger partial charge in [-0.15, -0.1) is 11.8 Å². The molecule has 7 nitrogen and oxygen atoms in total. The largest absolute Gasteiger partial charge is 0.355 e. The number of amides is 2. The number of rotatable bonds is 5. The summed E-state index contributed by atoms with van der Waals surface area (Å²) < 4.78 is 1.38. The van der Waals surface area contributed by atoms with Gasteiger partial charge in [-0.25, -0.2) is 9.67 Å². The van der Waals surface area contributed by atoms with Crippen LogP contribution in [0.5, 0.6) is 0 Å². The molecule has 0 aliphatic carbocycles. The van der Waals surface area contributed by atoms with Crippen LogP contribution in [0.2, 0.25) is 10.0 Å². The normalized spacial score (nSPS) is 10.7. The second-order valence-corrected chi connectivity index (χ2v) is 7.64. The van der Waals surface area contributed by atoms with Crippen molar-refractivity contribution in [3.05, 3.63) is 63.4 Å². The van der Waals surface area contributed by atoms with Gasteiger partial charge in [0.05, 0.1) is 16.3 Å². The number of nitrogens with zero attached hydrogens (tertiary/aromatic N) is 3. The number of carbonyl (C=O) groups is 2. The van der Waals surface area contributed by atoms with E-state index in [1.807, 2.05) is 6.26 Å². The highest BCUT2D eigenvalue weighted by Crippen LogP contribution is 2.28. The molecule has 0 saturated heterocycles. The lowest BCUT2D eigenvalue weighted by Gasteiger charge is -2.14. The predicted octanol–water partition coefficient (Wildman–Crippen LogP) is 4.22. The Labute approximate surface area is 181 Å². The van der Waals surface area contributed by atoms with Crippen molar-refractivity contribution in [2.75, 3.05) is 18.6 Å². The summed E-state index contributed by atoms with van der Waals surface area (Å²) in [6.45, 7) is 1.76. The van der Waals surface area contributed by atoms with Gasteiger partial charge in [0, 0.05) is 24.3 Å². The number of aromatic nitrogens is 3. The van der Waals surface area contributed by atoms with E-state index in [1.54, 1.807) is 37.4 Å². The minimum atomic E-state index is -0.463. The van der Waals surface area contributed by atoms with Gasteiger partial charge in [-0.3, -0.25) is 9.59 Å². The molecular weight excluding hydrogens is 433 g/mol. The molecule has 0 unspecified atom stereocenters. The average molecular weight is 450 g/mol. The van der Waals surface area contributed by atoms with Crippen LogP contribution in [-0.2, 0) is 0 Å². The first-order valence-electron chi connectivity index (χ1n) is 8.44. The zero-order valence-electron chi connectivity index (χ0n) is 15.8. The number of hydrogen-bond donors (Lipinski definition) is 2. The number of halogens is 2. The van der Waals surface area contributed by atoms with E-state index in [-0.39, 0.29) is 17.2 Å². The summed E-state index contributed by atoms with van der Waals surface area (Å²) in [7, 11) is 1.51. The lowest BCUT2D eigenvalue weighted by Crippen LogP contribution is -2.23. The molecule has 10 heteroatoms. The third kappa shape index (κ3) is 4.39. The highest BCUT2D eigenvalue weighted by molar-refractivity contribution is 7.98. The monoisotopic (exact) mass is 449 g/mol. The lowest BCUT2D eigenvalue weighted by atomic mass is 10.1. The Balaban J connectivity index is 2.07. The van der Waals surface area contributed by atoms with Crippen LogP contribution in [0.3, 0.4) is 0 Å². The third-order valence-electron chi connectivity index (χ3n) is 4.08. The van der Waals surface area contributed by atoms with Crippen LogP contribution in [0.4, 0.5) is 5.69 Å². The molecule has 3 rings (SSSR count). The van der Waals surface area contributed by atoms with E-state index >= 15 is 0 Å². The number of benzene rings is 1. The van der Waals surface area contributed by atoms with Crippen LogP contribution in [0.25, 0.3) is 5.82 Å². The second kappa shape index (κ2) is 8.86. The zero-order chi connectivity index (χ0) is 21.1. The van der Waals surface area contributed by atoms with Gasteiger partial charge >= 0.3 is 0 Å². The molecule has 0 aliphatic heterocycles. The Bertz CT molecular complexity index is 1100. The quantitative estimate of drug-likeness (QED) is 0.569. The fourth-order valence-corrected chi connectivity index (χ4v) is 3.58. The molecule has 0 bridgehead atoms. The molecule has 2 amide bonds. The van der Waals surface area contributed by atoms with Gasteiger partial charge in [-0.2, -0.15) is 5.10 Å². The van der Waals surface area contributed by atoms with E-state index < -0.39 is 5.91 Å². The van der Waals surface area contributed by atoms with E-state index in [2.05, 4.69) is 20.7 Å². The van der Waals surface area contributed by atoms with E-state index in [0.717, 1.165) is 0 Å². The smallest absolute Gasteiger partial charge is 0.274 e. The standard InChI is InChI=1S/C19H17Cl2N5O2S/c1-10-7-11(20)8-12(18(27)22-2)16(10)24-19(28)14-9-15(29-3)25-26(14)17-13(21)5-4-6-23-17/h4-9H,1-3H3,(H,22,27)(H,24,28). The van der Waals surface area contributed by atoms with Gasteiger partial charge in [0.1, 0.15) is 10.7 Å². The maximum atomic E-state index is 13.1. The summed E-state index contributed by atoms with van der Waals surface area (Å²) >= 11 is 13.7. The molecule has 0 radical (unpaired) electrons. The van der Waals surface area contributed by atoms with Gasteiger partial charge < -0.3 is 10.6 Å². The van der Waals surface area contributed by atoms with Crippen LogP contribution < -0.4 is 10.6 Å². The Morgan fingerprint density at radius 2 is 1.93 bits per heavy atom. The van der Waals surface area contributed by atoms with Crippen molar-refractivity contribution in [1.82, 2.24) is 20.1 Å². The molecule has 0 fully saturated rings.